The summed E-state index contributed by atoms with van der Waals surface area (Å²) in [6, 6.07) is 16.9. The van der Waals surface area contributed by atoms with Gasteiger partial charge in [0.15, 0.2) is 5.75 Å². The van der Waals surface area contributed by atoms with Gasteiger partial charge in [-0.15, -0.1) is 0 Å². The molecular weight excluding hydrogens is 314 g/mol. The van der Waals surface area contributed by atoms with E-state index in [0.717, 1.165) is 17.0 Å². The predicted molar refractivity (Wildman–Crippen MR) is 97.9 cm³/mol. The lowest BCUT2D eigenvalue weighted by Gasteiger charge is -2.12. The Morgan fingerprint density at radius 1 is 1.12 bits per heavy atom. The van der Waals surface area contributed by atoms with Crippen molar-refractivity contribution in [1.82, 2.24) is 9.78 Å². The van der Waals surface area contributed by atoms with Crippen molar-refractivity contribution in [2.75, 3.05) is 5.32 Å². The van der Waals surface area contributed by atoms with Crippen LogP contribution in [0.25, 0.3) is 0 Å². The first-order chi connectivity index (χ1) is 12.1. The quantitative estimate of drug-likeness (QED) is 0.738. The van der Waals surface area contributed by atoms with E-state index in [1.807, 2.05) is 74.8 Å². The number of para-hydroxylation sites is 3. The van der Waals surface area contributed by atoms with Crippen LogP contribution in [0.5, 0.6) is 11.5 Å². The molecule has 1 N–H and O–H groups in total. The minimum Gasteiger partial charge on any atom is -0.455 e. The molecule has 3 aromatic rings. The van der Waals surface area contributed by atoms with Crippen LogP contribution in [0.15, 0.2) is 60.8 Å². The molecule has 0 aliphatic rings. The van der Waals surface area contributed by atoms with E-state index >= 15 is 0 Å². The van der Waals surface area contributed by atoms with E-state index in [0.29, 0.717) is 24.3 Å². The summed E-state index contributed by atoms with van der Waals surface area (Å²) in [7, 11) is 1.88. The standard InChI is InChI=1S/C20H21N3O2/c1-15-16(14-23(2)22-15)12-13-20(24)21-18-10-6-7-11-19(18)25-17-8-4-3-5-9-17/h3-11,14H,12-13H2,1-2H3,(H,21,24). The lowest BCUT2D eigenvalue weighted by molar-refractivity contribution is -0.116. The van der Waals surface area contributed by atoms with E-state index in [2.05, 4.69) is 10.4 Å². The Morgan fingerprint density at radius 3 is 2.56 bits per heavy atom. The summed E-state index contributed by atoms with van der Waals surface area (Å²) in [5.41, 5.74) is 2.72. The highest BCUT2D eigenvalue weighted by Crippen LogP contribution is 2.29. The van der Waals surface area contributed by atoms with Gasteiger partial charge in [0, 0.05) is 19.7 Å². The Hall–Kier alpha value is -3.08. The maximum atomic E-state index is 12.3. The van der Waals surface area contributed by atoms with Crippen molar-refractivity contribution >= 4 is 11.6 Å². The van der Waals surface area contributed by atoms with Gasteiger partial charge in [-0.25, -0.2) is 0 Å². The van der Waals surface area contributed by atoms with Crippen LogP contribution in [0, 0.1) is 6.92 Å². The molecule has 0 aliphatic heterocycles. The molecule has 3 rings (SSSR count). The molecule has 5 nitrogen and oxygen atoms in total. The molecular formula is C20H21N3O2. The first-order valence-corrected chi connectivity index (χ1v) is 8.23. The Bertz CT molecular complexity index is 856. The van der Waals surface area contributed by atoms with Crippen LogP contribution >= 0.6 is 0 Å². The fraction of sp³-hybridized carbons (Fsp3) is 0.200. The van der Waals surface area contributed by atoms with Crippen LogP contribution in [-0.4, -0.2) is 15.7 Å². The molecule has 0 fully saturated rings. The number of carbonyl (C=O) groups is 1. The molecule has 1 amide bonds. The van der Waals surface area contributed by atoms with Crippen LogP contribution in [0.1, 0.15) is 17.7 Å². The van der Waals surface area contributed by atoms with E-state index in [4.69, 9.17) is 4.74 Å². The summed E-state index contributed by atoms with van der Waals surface area (Å²) in [5.74, 6) is 1.31. The molecule has 0 unspecified atom stereocenters. The van der Waals surface area contributed by atoms with Gasteiger partial charge < -0.3 is 10.1 Å². The van der Waals surface area contributed by atoms with Crippen LogP contribution < -0.4 is 10.1 Å². The summed E-state index contributed by atoms with van der Waals surface area (Å²) < 4.78 is 7.64. The van der Waals surface area contributed by atoms with Crippen LogP contribution in [0.2, 0.25) is 0 Å². The fourth-order valence-electron chi connectivity index (χ4n) is 2.63. The predicted octanol–water partition coefficient (Wildman–Crippen LogP) is 4.09. The summed E-state index contributed by atoms with van der Waals surface area (Å²) in [6.07, 6.45) is 3.01. The first kappa shape index (κ1) is 16.8. The zero-order chi connectivity index (χ0) is 17.6. The van der Waals surface area contributed by atoms with Crippen molar-refractivity contribution < 1.29 is 9.53 Å². The number of hydrogen-bond acceptors (Lipinski definition) is 3. The van der Waals surface area contributed by atoms with Crippen LogP contribution in [0.4, 0.5) is 5.69 Å². The molecule has 1 aromatic heterocycles. The van der Waals surface area contributed by atoms with Gasteiger partial charge in [-0.05, 0) is 43.2 Å². The second kappa shape index (κ2) is 7.66. The summed E-state index contributed by atoms with van der Waals surface area (Å²) in [5, 5.41) is 7.24. The van der Waals surface area contributed by atoms with Crippen molar-refractivity contribution in [3.63, 3.8) is 0 Å². The highest BCUT2D eigenvalue weighted by molar-refractivity contribution is 5.92. The van der Waals surface area contributed by atoms with Crippen LogP contribution in [0.3, 0.4) is 0 Å². The van der Waals surface area contributed by atoms with Crippen molar-refractivity contribution in [3.05, 3.63) is 72.1 Å². The van der Waals surface area contributed by atoms with E-state index in [1.165, 1.54) is 0 Å². The molecule has 128 valence electrons. The zero-order valence-electron chi connectivity index (χ0n) is 14.4. The van der Waals surface area contributed by atoms with Gasteiger partial charge in [-0.1, -0.05) is 30.3 Å². The molecule has 0 radical (unpaired) electrons. The fourth-order valence-corrected chi connectivity index (χ4v) is 2.63. The molecule has 1 heterocycles. The molecule has 5 heteroatoms. The third-order valence-corrected chi connectivity index (χ3v) is 3.87. The van der Waals surface area contributed by atoms with Crippen molar-refractivity contribution in [2.24, 2.45) is 7.05 Å². The van der Waals surface area contributed by atoms with Gasteiger partial charge in [0.05, 0.1) is 11.4 Å². The third kappa shape index (κ3) is 4.47. The molecule has 0 saturated carbocycles. The monoisotopic (exact) mass is 335 g/mol. The van der Waals surface area contributed by atoms with E-state index in [1.54, 1.807) is 4.68 Å². The second-order valence-electron chi connectivity index (χ2n) is 5.87. The Balaban J connectivity index is 1.64. The number of hydrogen-bond donors (Lipinski definition) is 1. The lowest BCUT2D eigenvalue weighted by atomic mass is 10.1. The van der Waals surface area contributed by atoms with E-state index < -0.39 is 0 Å². The Morgan fingerprint density at radius 2 is 1.84 bits per heavy atom. The van der Waals surface area contributed by atoms with Gasteiger partial charge in [0.1, 0.15) is 5.75 Å². The third-order valence-electron chi connectivity index (χ3n) is 3.87. The van der Waals surface area contributed by atoms with E-state index in [9.17, 15) is 4.79 Å². The van der Waals surface area contributed by atoms with Crippen molar-refractivity contribution in [2.45, 2.75) is 19.8 Å². The van der Waals surface area contributed by atoms with Crippen molar-refractivity contribution in [3.8, 4) is 11.5 Å². The molecule has 2 aromatic carbocycles. The minimum absolute atomic E-state index is 0.0487. The summed E-state index contributed by atoms with van der Waals surface area (Å²) in [4.78, 5) is 12.3. The number of carbonyl (C=O) groups excluding carboxylic acids is 1. The number of benzene rings is 2. The molecule has 0 atom stereocenters. The number of ether oxygens (including phenoxy) is 1. The number of aryl methyl sites for hydroxylation is 3. The number of amides is 1. The topological polar surface area (TPSA) is 56.2 Å². The maximum Gasteiger partial charge on any atom is 0.224 e. The van der Waals surface area contributed by atoms with Crippen LogP contribution in [-0.2, 0) is 18.3 Å². The van der Waals surface area contributed by atoms with Gasteiger partial charge in [-0.3, -0.25) is 9.48 Å². The second-order valence-corrected chi connectivity index (χ2v) is 5.87. The number of aromatic nitrogens is 2. The average Bonchev–Trinajstić information content (AvgIpc) is 2.93. The number of rotatable bonds is 6. The lowest BCUT2D eigenvalue weighted by Crippen LogP contribution is -2.13. The number of nitrogens with one attached hydrogen (secondary N) is 1. The normalized spacial score (nSPS) is 10.5. The highest BCUT2D eigenvalue weighted by atomic mass is 16.5. The SMILES string of the molecule is Cc1nn(C)cc1CCC(=O)Nc1ccccc1Oc1ccccc1. The highest BCUT2D eigenvalue weighted by Gasteiger charge is 2.10. The number of nitrogens with zero attached hydrogens (tertiary/aromatic N) is 2. The molecule has 0 aliphatic carbocycles. The zero-order valence-corrected chi connectivity index (χ0v) is 14.4. The smallest absolute Gasteiger partial charge is 0.224 e. The van der Waals surface area contributed by atoms with Gasteiger partial charge in [-0.2, -0.15) is 5.10 Å². The number of anilines is 1. The van der Waals surface area contributed by atoms with Crippen molar-refractivity contribution in [1.29, 1.82) is 0 Å². The Kier molecular flexibility index (Phi) is 5.14. The summed E-state index contributed by atoms with van der Waals surface area (Å²) >= 11 is 0. The summed E-state index contributed by atoms with van der Waals surface area (Å²) in [6.45, 7) is 1.95. The van der Waals surface area contributed by atoms with E-state index in [-0.39, 0.29) is 5.91 Å². The van der Waals surface area contributed by atoms with Gasteiger partial charge in [0.25, 0.3) is 0 Å². The average molecular weight is 335 g/mol. The molecule has 25 heavy (non-hydrogen) atoms. The van der Waals surface area contributed by atoms with Gasteiger partial charge in [0.2, 0.25) is 5.91 Å². The first-order valence-electron chi connectivity index (χ1n) is 8.23. The minimum atomic E-state index is -0.0487. The molecule has 0 spiro atoms. The largest absolute Gasteiger partial charge is 0.455 e. The molecule has 0 saturated heterocycles. The molecule has 0 bridgehead atoms. The van der Waals surface area contributed by atoms with Gasteiger partial charge >= 0.3 is 0 Å². The Labute approximate surface area is 147 Å². The maximum absolute atomic E-state index is 12.3.